The Bertz CT molecular complexity index is 227. The highest BCUT2D eigenvalue weighted by atomic mass is 31.2. The SMILES string of the molecule is CCOOP(=O)(OOCC)C(C(C)C)N(C)C. The predicted molar refractivity (Wildman–Crippen MR) is 65.3 cm³/mol. The molecule has 0 fully saturated rings. The Hall–Kier alpha value is 0.0300. The molecular weight excluding hydrogens is 245 g/mol. The fourth-order valence-electron chi connectivity index (χ4n) is 1.60. The van der Waals surface area contributed by atoms with Crippen molar-refractivity contribution in [1.82, 2.24) is 4.90 Å². The first kappa shape index (κ1) is 17.0. The highest BCUT2D eigenvalue weighted by Gasteiger charge is 2.42. The lowest BCUT2D eigenvalue weighted by Crippen LogP contribution is -2.34. The van der Waals surface area contributed by atoms with Gasteiger partial charge in [-0.3, -0.25) is 9.46 Å². The quantitative estimate of drug-likeness (QED) is 0.364. The van der Waals surface area contributed by atoms with Crippen LogP contribution in [-0.4, -0.2) is 38.0 Å². The average Bonchev–Trinajstić information content (AvgIpc) is 2.22. The molecule has 0 heterocycles. The highest BCUT2D eigenvalue weighted by Crippen LogP contribution is 2.56. The van der Waals surface area contributed by atoms with E-state index in [-0.39, 0.29) is 19.1 Å². The van der Waals surface area contributed by atoms with E-state index in [0.717, 1.165) is 0 Å². The topological polar surface area (TPSA) is 57.2 Å². The molecule has 0 saturated carbocycles. The molecule has 0 aliphatic rings. The maximum absolute atomic E-state index is 12.6. The van der Waals surface area contributed by atoms with Gasteiger partial charge in [-0.15, -0.1) is 9.35 Å². The average molecular weight is 269 g/mol. The van der Waals surface area contributed by atoms with Gasteiger partial charge in [-0.1, -0.05) is 13.8 Å². The molecule has 0 saturated heterocycles. The molecule has 0 rings (SSSR count). The van der Waals surface area contributed by atoms with Crippen LogP contribution in [0.3, 0.4) is 0 Å². The maximum atomic E-state index is 12.6. The summed E-state index contributed by atoms with van der Waals surface area (Å²) in [6, 6.07) is 0. The van der Waals surface area contributed by atoms with Crippen LogP contribution in [0.25, 0.3) is 0 Å². The molecule has 0 N–H and O–H groups in total. The van der Waals surface area contributed by atoms with Gasteiger partial charge in [0.25, 0.3) is 0 Å². The molecular formula is C10H24NO5P. The molecule has 0 amide bonds. The van der Waals surface area contributed by atoms with Crippen molar-refractivity contribution in [2.45, 2.75) is 33.5 Å². The van der Waals surface area contributed by atoms with E-state index in [2.05, 4.69) is 0 Å². The van der Waals surface area contributed by atoms with Crippen LogP contribution in [0.5, 0.6) is 0 Å². The number of nitrogens with zero attached hydrogens (tertiary/aromatic N) is 1. The first-order valence-electron chi connectivity index (χ1n) is 5.77. The largest absolute Gasteiger partial charge is 0.401 e. The van der Waals surface area contributed by atoms with Crippen molar-refractivity contribution in [1.29, 1.82) is 0 Å². The van der Waals surface area contributed by atoms with E-state index in [0.29, 0.717) is 0 Å². The highest BCUT2D eigenvalue weighted by molar-refractivity contribution is 7.54. The van der Waals surface area contributed by atoms with Crippen molar-refractivity contribution in [3.63, 3.8) is 0 Å². The smallest absolute Gasteiger partial charge is 0.296 e. The van der Waals surface area contributed by atoms with Crippen LogP contribution in [0, 0.1) is 5.92 Å². The number of rotatable bonds is 9. The van der Waals surface area contributed by atoms with Crippen molar-refractivity contribution < 1.29 is 23.7 Å². The van der Waals surface area contributed by atoms with E-state index in [4.69, 9.17) is 19.1 Å². The first-order chi connectivity index (χ1) is 7.89. The fraction of sp³-hybridized carbons (Fsp3) is 1.00. The van der Waals surface area contributed by atoms with E-state index in [1.165, 1.54) is 0 Å². The lowest BCUT2D eigenvalue weighted by atomic mass is 10.2. The van der Waals surface area contributed by atoms with E-state index in [1.54, 1.807) is 18.7 Å². The van der Waals surface area contributed by atoms with Crippen molar-refractivity contribution in [3.05, 3.63) is 0 Å². The summed E-state index contributed by atoms with van der Waals surface area (Å²) in [7, 11) is 0.122. The van der Waals surface area contributed by atoms with Crippen LogP contribution in [0.4, 0.5) is 0 Å². The Morgan fingerprint density at radius 2 is 1.47 bits per heavy atom. The minimum absolute atomic E-state index is 0.0664. The summed E-state index contributed by atoms with van der Waals surface area (Å²) in [6.45, 7) is 7.93. The molecule has 0 aromatic carbocycles. The fourth-order valence-corrected chi connectivity index (χ4v) is 3.60. The summed E-state index contributed by atoms with van der Waals surface area (Å²) in [6.07, 6.45) is 0. The zero-order valence-electron chi connectivity index (χ0n) is 11.5. The first-order valence-corrected chi connectivity index (χ1v) is 7.38. The Morgan fingerprint density at radius 3 is 1.71 bits per heavy atom. The Morgan fingerprint density at radius 1 is 1.06 bits per heavy atom. The summed E-state index contributed by atoms with van der Waals surface area (Å²) >= 11 is 0. The molecule has 17 heavy (non-hydrogen) atoms. The van der Waals surface area contributed by atoms with Gasteiger partial charge in [0, 0.05) is 0 Å². The zero-order valence-corrected chi connectivity index (χ0v) is 12.4. The van der Waals surface area contributed by atoms with Crippen molar-refractivity contribution in [3.8, 4) is 0 Å². The van der Waals surface area contributed by atoms with Crippen LogP contribution in [0.15, 0.2) is 0 Å². The molecule has 7 heteroatoms. The molecule has 0 aliphatic carbocycles. The normalized spacial score (nSPS) is 14.6. The zero-order chi connectivity index (χ0) is 13.5. The molecule has 6 nitrogen and oxygen atoms in total. The molecule has 0 aliphatic heterocycles. The van der Waals surface area contributed by atoms with Gasteiger partial charge in [-0.25, -0.2) is 9.78 Å². The molecule has 0 radical (unpaired) electrons. The predicted octanol–water partition coefficient (Wildman–Crippen LogP) is 2.66. The number of hydrogen-bond acceptors (Lipinski definition) is 6. The van der Waals surface area contributed by atoms with Crippen molar-refractivity contribution in [2.24, 2.45) is 5.92 Å². The monoisotopic (exact) mass is 269 g/mol. The standard InChI is InChI=1S/C10H24NO5P/c1-7-13-15-17(12,16-14-8-2)10(9(3)4)11(5)6/h9-10H,7-8H2,1-6H3. The van der Waals surface area contributed by atoms with Crippen molar-refractivity contribution >= 4 is 7.60 Å². The minimum Gasteiger partial charge on any atom is -0.296 e. The Labute approximate surface area is 104 Å². The third kappa shape index (κ3) is 5.46. The third-order valence-electron chi connectivity index (χ3n) is 2.00. The van der Waals surface area contributed by atoms with E-state index in [9.17, 15) is 4.57 Å². The molecule has 0 aromatic rings. The van der Waals surface area contributed by atoms with Crippen LogP contribution < -0.4 is 0 Å². The molecule has 0 bridgehead atoms. The van der Waals surface area contributed by atoms with E-state index >= 15 is 0 Å². The van der Waals surface area contributed by atoms with Gasteiger partial charge in [0.05, 0.1) is 13.2 Å². The molecule has 1 unspecified atom stereocenters. The van der Waals surface area contributed by atoms with Gasteiger partial charge in [0.15, 0.2) is 0 Å². The summed E-state index contributed by atoms with van der Waals surface area (Å²) in [5, 5.41) is 0. The van der Waals surface area contributed by atoms with Gasteiger partial charge in [0.1, 0.15) is 5.78 Å². The second kappa shape index (κ2) is 8.19. The Kier molecular flexibility index (Phi) is 8.20. The van der Waals surface area contributed by atoms with Gasteiger partial charge < -0.3 is 0 Å². The summed E-state index contributed by atoms with van der Waals surface area (Å²) in [5.74, 6) is -0.364. The number of hydrogen-bond donors (Lipinski definition) is 0. The molecule has 1 atom stereocenters. The summed E-state index contributed by atoms with van der Waals surface area (Å²) in [4.78, 5) is 11.3. The van der Waals surface area contributed by atoms with E-state index < -0.39 is 13.4 Å². The van der Waals surface area contributed by atoms with Crippen LogP contribution >= 0.6 is 7.60 Å². The van der Waals surface area contributed by atoms with Crippen molar-refractivity contribution in [2.75, 3.05) is 27.3 Å². The second-order valence-corrected chi connectivity index (χ2v) is 6.03. The molecule has 0 spiro atoms. The maximum Gasteiger partial charge on any atom is 0.401 e. The van der Waals surface area contributed by atoms with Gasteiger partial charge in [-0.05, 0) is 33.9 Å². The third-order valence-corrected chi connectivity index (χ3v) is 4.33. The van der Waals surface area contributed by atoms with Crippen LogP contribution in [0.2, 0.25) is 0 Å². The van der Waals surface area contributed by atoms with Crippen LogP contribution in [0.1, 0.15) is 27.7 Å². The van der Waals surface area contributed by atoms with Gasteiger partial charge in [0.2, 0.25) is 0 Å². The van der Waals surface area contributed by atoms with Gasteiger partial charge in [-0.2, -0.15) is 0 Å². The lowest BCUT2D eigenvalue weighted by molar-refractivity contribution is -0.266. The minimum atomic E-state index is -3.49. The summed E-state index contributed by atoms with van der Waals surface area (Å²) < 4.78 is 22.4. The second-order valence-electron chi connectivity index (χ2n) is 4.12. The van der Waals surface area contributed by atoms with Gasteiger partial charge >= 0.3 is 7.60 Å². The lowest BCUT2D eigenvalue weighted by Gasteiger charge is -2.31. The van der Waals surface area contributed by atoms with Crippen LogP contribution in [-0.2, 0) is 23.7 Å². The molecule has 104 valence electrons. The molecule has 0 aromatic heterocycles. The van der Waals surface area contributed by atoms with E-state index in [1.807, 2.05) is 27.9 Å². The Balaban J connectivity index is 4.89. The summed E-state index contributed by atoms with van der Waals surface area (Å²) in [5.41, 5.74) is 0.